The number of ether oxygens (including phenoxy) is 1. The number of hydrogen-bond donors (Lipinski definition) is 1. The molecule has 1 rings (SSSR count). The van der Waals surface area contributed by atoms with Crippen LogP contribution in [0.1, 0.15) is 12.5 Å². The second-order valence-corrected chi connectivity index (χ2v) is 5.04. The summed E-state index contributed by atoms with van der Waals surface area (Å²) in [4.78, 5) is 22.8. The first-order valence-electron chi connectivity index (χ1n) is 5.56. The average molecular weight is 278 g/mol. The van der Waals surface area contributed by atoms with Crippen molar-refractivity contribution in [3.05, 3.63) is 29.8 Å². The van der Waals surface area contributed by atoms with Crippen molar-refractivity contribution in [3.63, 3.8) is 0 Å². The lowest BCUT2D eigenvalue weighted by Gasteiger charge is -2.11. The third-order valence-electron chi connectivity index (χ3n) is 2.33. The molecule has 1 aromatic carbocycles. The average Bonchev–Trinajstić information content (AvgIpc) is 2.44. The van der Waals surface area contributed by atoms with Crippen molar-refractivity contribution in [1.82, 2.24) is 0 Å². The molecule has 0 bridgehead atoms. The van der Waals surface area contributed by atoms with Crippen molar-refractivity contribution in [3.8, 4) is 6.07 Å². The van der Waals surface area contributed by atoms with E-state index in [1.165, 1.54) is 18.9 Å². The Morgan fingerprint density at radius 3 is 2.58 bits per heavy atom. The SMILES string of the molecule is COC(=O)CSC(C)C(=O)Nc1ccc(C#N)cc1. The molecule has 0 saturated carbocycles. The molecule has 0 aromatic heterocycles. The fourth-order valence-electron chi connectivity index (χ4n) is 1.20. The standard InChI is InChI=1S/C13H14N2O3S/c1-9(19-8-12(16)18-2)13(17)15-11-5-3-10(7-14)4-6-11/h3-6,9H,8H2,1-2H3,(H,15,17). The van der Waals surface area contributed by atoms with E-state index < -0.39 is 0 Å². The molecule has 1 amide bonds. The van der Waals surface area contributed by atoms with E-state index in [1.807, 2.05) is 6.07 Å². The number of amides is 1. The molecule has 0 radical (unpaired) electrons. The highest BCUT2D eigenvalue weighted by Crippen LogP contribution is 2.14. The van der Waals surface area contributed by atoms with E-state index in [4.69, 9.17) is 5.26 Å². The van der Waals surface area contributed by atoms with Gasteiger partial charge in [-0.05, 0) is 31.2 Å². The Labute approximate surface area is 115 Å². The number of nitriles is 1. The summed E-state index contributed by atoms with van der Waals surface area (Å²) in [7, 11) is 1.31. The third kappa shape index (κ3) is 5.02. The zero-order valence-corrected chi connectivity index (χ0v) is 11.5. The molecule has 0 heterocycles. The normalized spacial score (nSPS) is 11.2. The van der Waals surface area contributed by atoms with Gasteiger partial charge < -0.3 is 10.1 Å². The van der Waals surface area contributed by atoms with Crippen molar-refractivity contribution in [2.24, 2.45) is 0 Å². The fraction of sp³-hybridized carbons (Fsp3) is 0.308. The van der Waals surface area contributed by atoms with E-state index in [2.05, 4.69) is 10.1 Å². The van der Waals surface area contributed by atoms with Gasteiger partial charge in [-0.2, -0.15) is 5.26 Å². The van der Waals surface area contributed by atoms with Gasteiger partial charge in [-0.15, -0.1) is 11.8 Å². The number of anilines is 1. The number of benzene rings is 1. The summed E-state index contributed by atoms with van der Waals surface area (Å²) in [5, 5.41) is 11.0. The Morgan fingerprint density at radius 2 is 2.05 bits per heavy atom. The minimum atomic E-state index is -0.366. The van der Waals surface area contributed by atoms with Crippen LogP contribution in [0.25, 0.3) is 0 Å². The highest BCUT2D eigenvalue weighted by molar-refractivity contribution is 8.01. The number of esters is 1. The Morgan fingerprint density at radius 1 is 1.42 bits per heavy atom. The van der Waals surface area contributed by atoms with Gasteiger partial charge in [0.25, 0.3) is 0 Å². The van der Waals surface area contributed by atoms with Crippen LogP contribution in [0.15, 0.2) is 24.3 Å². The molecule has 0 aliphatic carbocycles. The minimum Gasteiger partial charge on any atom is -0.468 e. The highest BCUT2D eigenvalue weighted by Gasteiger charge is 2.15. The van der Waals surface area contributed by atoms with Crippen molar-refractivity contribution < 1.29 is 14.3 Å². The maximum Gasteiger partial charge on any atom is 0.315 e. The maximum atomic E-state index is 11.8. The van der Waals surface area contributed by atoms with Crippen LogP contribution in [0.4, 0.5) is 5.69 Å². The Bertz CT molecular complexity index is 494. The summed E-state index contributed by atoms with van der Waals surface area (Å²) in [5.41, 5.74) is 1.15. The van der Waals surface area contributed by atoms with E-state index in [-0.39, 0.29) is 22.9 Å². The van der Waals surface area contributed by atoms with Gasteiger partial charge in [0.05, 0.1) is 29.7 Å². The van der Waals surface area contributed by atoms with Gasteiger partial charge in [0.2, 0.25) is 5.91 Å². The van der Waals surface area contributed by atoms with E-state index in [0.717, 1.165) is 0 Å². The number of nitrogens with zero attached hydrogens (tertiary/aromatic N) is 1. The lowest BCUT2D eigenvalue weighted by atomic mass is 10.2. The predicted octanol–water partition coefficient (Wildman–Crippen LogP) is 1.79. The molecule has 0 fully saturated rings. The number of rotatable bonds is 5. The molecular weight excluding hydrogens is 264 g/mol. The predicted molar refractivity (Wildman–Crippen MR) is 73.7 cm³/mol. The molecule has 0 aliphatic heterocycles. The van der Waals surface area contributed by atoms with E-state index in [1.54, 1.807) is 31.2 Å². The molecule has 100 valence electrons. The molecule has 1 unspecified atom stereocenters. The molecular formula is C13H14N2O3S. The first-order chi connectivity index (χ1) is 9.06. The summed E-state index contributed by atoms with van der Waals surface area (Å²) >= 11 is 1.21. The van der Waals surface area contributed by atoms with Crippen molar-refractivity contribution in [2.75, 3.05) is 18.2 Å². The molecule has 19 heavy (non-hydrogen) atoms. The van der Waals surface area contributed by atoms with Crippen molar-refractivity contribution in [2.45, 2.75) is 12.2 Å². The zero-order valence-electron chi connectivity index (χ0n) is 10.7. The second kappa shape index (κ2) is 7.44. The van der Waals surface area contributed by atoms with Crippen LogP contribution in [-0.4, -0.2) is 30.0 Å². The number of nitrogens with one attached hydrogen (secondary N) is 1. The van der Waals surface area contributed by atoms with Crippen LogP contribution in [0.5, 0.6) is 0 Å². The molecule has 6 heteroatoms. The van der Waals surface area contributed by atoms with Crippen molar-refractivity contribution in [1.29, 1.82) is 5.26 Å². The monoisotopic (exact) mass is 278 g/mol. The quantitative estimate of drug-likeness (QED) is 0.831. The number of carbonyl (C=O) groups is 2. The summed E-state index contributed by atoms with van der Waals surface area (Å²) in [6.07, 6.45) is 0. The number of methoxy groups -OCH3 is 1. The van der Waals surface area contributed by atoms with Gasteiger partial charge in [-0.3, -0.25) is 9.59 Å². The highest BCUT2D eigenvalue weighted by atomic mass is 32.2. The lowest BCUT2D eigenvalue weighted by molar-refractivity contribution is -0.137. The van der Waals surface area contributed by atoms with Gasteiger partial charge in [-0.1, -0.05) is 0 Å². The van der Waals surface area contributed by atoms with Gasteiger partial charge in [0, 0.05) is 5.69 Å². The number of carbonyl (C=O) groups excluding carboxylic acids is 2. The molecule has 1 aromatic rings. The van der Waals surface area contributed by atoms with Gasteiger partial charge >= 0.3 is 5.97 Å². The molecule has 1 N–H and O–H groups in total. The van der Waals surface area contributed by atoms with Crippen LogP contribution >= 0.6 is 11.8 Å². The largest absolute Gasteiger partial charge is 0.468 e. The Balaban J connectivity index is 2.49. The maximum absolute atomic E-state index is 11.8. The molecule has 0 aliphatic rings. The first-order valence-corrected chi connectivity index (χ1v) is 6.61. The Kier molecular flexibility index (Phi) is 5.90. The number of thioether (sulfide) groups is 1. The second-order valence-electron chi connectivity index (χ2n) is 3.71. The topological polar surface area (TPSA) is 79.2 Å². The first kappa shape index (κ1) is 15.1. The zero-order chi connectivity index (χ0) is 14.3. The van der Waals surface area contributed by atoms with Gasteiger partial charge in [-0.25, -0.2) is 0 Å². The van der Waals surface area contributed by atoms with Crippen LogP contribution in [0.3, 0.4) is 0 Å². The third-order valence-corrected chi connectivity index (χ3v) is 3.45. The summed E-state index contributed by atoms with van der Waals surface area (Å²) in [6, 6.07) is 8.58. The van der Waals surface area contributed by atoms with Crippen LogP contribution in [0.2, 0.25) is 0 Å². The van der Waals surface area contributed by atoms with E-state index >= 15 is 0 Å². The Hall–Kier alpha value is -2.00. The molecule has 0 spiro atoms. The van der Waals surface area contributed by atoms with E-state index in [0.29, 0.717) is 11.3 Å². The summed E-state index contributed by atoms with van der Waals surface area (Å²) in [5.74, 6) is -0.417. The van der Waals surface area contributed by atoms with Crippen LogP contribution in [0, 0.1) is 11.3 Å². The minimum absolute atomic E-state index is 0.137. The van der Waals surface area contributed by atoms with Gasteiger partial charge in [0.1, 0.15) is 0 Å². The van der Waals surface area contributed by atoms with Crippen molar-refractivity contribution >= 4 is 29.3 Å². The van der Waals surface area contributed by atoms with E-state index in [9.17, 15) is 9.59 Å². The lowest BCUT2D eigenvalue weighted by Crippen LogP contribution is -2.23. The van der Waals surface area contributed by atoms with Crippen LogP contribution in [-0.2, 0) is 14.3 Å². The fourth-order valence-corrected chi connectivity index (χ4v) is 1.91. The van der Waals surface area contributed by atoms with Gasteiger partial charge in [0.15, 0.2) is 0 Å². The summed E-state index contributed by atoms with van der Waals surface area (Å²) < 4.78 is 4.50. The summed E-state index contributed by atoms with van der Waals surface area (Å²) in [6.45, 7) is 1.71. The van der Waals surface area contributed by atoms with Crippen LogP contribution < -0.4 is 5.32 Å². The molecule has 5 nitrogen and oxygen atoms in total. The molecule has 0 saturated heterocycles. The smallest absolute Gasteiger partial charge is 0.315 e. The number of hydrogen-bond acceptors (Lipinski definition) is 5. The molecule has 1 atom stereocenters.